The van der Waals surface area contributed by atoms with Gasteiger partial charge in [0, 0.05) is 18.7 Å². The van der Waals surface area contributed by atoms with Crippen molar-refractivity contribution in [1.82, 2.24) is 10.6 Å². The van der Waals surface area contributed by atoms with Gasteiger partial charge < -0.3 is 15.4 Å². The Hall–Kier alpha value is -2.04. The van der Waals surface area contributed by atoms with Crippen LogP contribution in [0.5, 0.6) is 5.75 Å². The Bertz CT molecular complexity index is 1300. The maximum Gasteiger partial charge on any atom is 0.255 e. The van der Waals surface area contributed by atoms with E-state index < -0.39 is 0 Å². The maximum absolute atomic E-state index is 13.5. The van der Waals surface area contributed by atoms with Gasteiger partial charge in [-0.15, -0.1) is 0 Å². The molecule has 5 heteroatoms. The molecule has 0 heterocycles. The zero-order chi connectivity index (χ0) is 53.1. The number of benzene rings is 1. The van der Waals surface area contributed by atoms with Crippen molar-refractivity contribution in [2.24, 2.45) is 0 Å². The Balaban J connectivity index is 2.20. The van der Waals surface area contributed by atoms with Gasteiger partial charge in [0.1, 0.15) is 5.75 Å². The third-order valence-corrected chi connectivity index (χ3v) is 16.1. The van der Waals surface area contributed by atoms with Crippen LogP contribution >= 0.6 is 0 Å². The summed E-state index contributed by atoms with van der Waals surface area (Å²) >= 11 is 0. The van der Waals surface area contributed by atoms with Crippen molar-refractivity contribution in [2.75, 3.05) is 19.7 Å². The van der Waals surface area contributed by atoms with E-state index >= 15 is 0 Å². The first-order chi connectivity index (χ1) is 36.6. The minimum absolute atomic E-state index is 0.0753. The molecule has 1 aromatic carbocycles. The Labute approximate surface area is 463 Å². The van der Waals surface area contributed by atoms with Gasteiger partial charge in [0.2, 0.25) is 0 Å². The van der Waals surface area contributed by atoms with Crippen LogP contribution < -0.4 is 15.4 Å². The van der Waals surface area contributed by atoms with Crippen LogP contribution in [0.3, 0.4) is 0 Å². The van der Waals surface area contributed by atoms with Crippen molar-refractivity contribution in [1.29, 1.82) is 0 Å². The van der Waals surface area contributed by atoms with Gasteiger partial charge in [-0.1, -0.05) is 355 Å². The molecule has 1 rings (SSSR count). The largest absolute Gasteiger partial charge is 0.493 e. The van der Waals surface area contributed by atoms with E-state index in [0.29, 0.717) is 36.6 Å². The SMILES string of the molecule is CCCCCCCCCCCCCCCCCCCCCCCCCNC(=O)c1ccc(C(=O)NCCCCCCCCCCCCCCCCCCCCCCCCC)c(OCCCCCCCCCCC)c1. The van der Waals surface area contributed by atoms with Crippen LogP contribution in [0.4, 0.5) is 0 Å². The maximum atomic E-state index is 13.5. The van der Waals surface area contributed by atoms with Crippen molar-refractivity contribution in [2.45, 2.75) is 374 Å². The molecule has 0 aliphatic heterocycles. The summed E-state index contributed by atoms with van der Waals surface area (Å²) in [4.78, 5) is 26.7. The first-order valence-corrected chi connectivity index (χ1v) is 34.0. The van der Waals surface area contributed by atoms with Gasteiger partial charge >= 0.3 is 0 Å². The normalized spacial score (nSPS) is 11.4. The number of unbranched alkanes of at least 4 members (excludes halogenated alkanes) is 52. The number of nitrogens with one attached hydrogen (secondary N) is 2. The molecule has 0 saturated heterocycles. The van der Waals surface area contributed by atoms with Crippen LogP contribution in [0, 0.1) is 0 Å². The standard InChI is InChI=1S/C69H130N2O3/c1-4-7-10-13-16-19-21-23-25-27-29-31-33-35-37-39-41-43-45-47-50-53-56-61-70-68(72)65-59-60-66(67(64-65)74-63-58-55-52-49-18-15-12-9-6-3)69(73)71-62-57-54-51-48-46-44-42-40-38-36-34-32-30-28-26-24-22-20-17-14-11-8-5-2/h59-60,64H,4-58,61-63H2,1-3H3,(H,70,72)(H,71,73). The van der Waals surface area contributed by atoms with E-state index in [0.717, 1.165) is 38.5 Å². The minimum atomic E-state index is -0.0946. The molecule has 434 valence electrons. The van der Waals surface area contributed by atoms with E-state index in [2.05, 4.69) is 31.4 Å². The highest BCUT2D eigenvalue weighted by molar-refractivity contribution is 6.00. The average Bonchev–Trinajstić information content (AvgIpc) is 3.41. The lowest BCUT2D eigenvalue weighted by Gasteiger charge is -2.14. The van der Waals surface area contributed by atoms with E-state index in [4.69, 9.17) is 4.74 Å². The number of carbonyl (C=O) groups is 2. The lowest BCUT2D eigenvalue weighted by Crippen LogP contribution is -2.26. The van der Waals surface area contributed by atoms with Gasteiger partial charge in [0.25, 0.3) is 11.8 Å². The fourth-order valence-corrected chi connectivity index (χ4v) is 11.0. The third-order valence-electron chi connectivity index (χ3n) is 16.1. The number of hydrogen-bond donors (Lipinski definition) is 2. The van der Waals surface area contributed by atoms with Crippen LogP contribution in [-0.4, -0.2) is 31.5 Å². The molecule has 0 spiro atoms. The van der Waals surface area contributed by atoms with Crippen molar-refractivity contribution >= 4 is 11.8 Å². The Morgan fingerprint density at radius 1 is 0.297 bits per heavy atom. The smallest absolute Gasteiger partial charge is 0.255 e. The predicted octanol–water partition coefficient (Wildman–Crippen LogP) is 23.0. The molecule has 0 aliphatic carbocycles. The van der Waals surface area contributed by atoms with Crippen molar-refractivity contribution in [3.05, 3.63) is 29.3 Å². The van der Waals surface area contributed by atoms with Crippen LogP contribution in [0.15, 0.2) is 18.2 Å². The van der Waals surface area contributed by atoms with Crippen LogP contribution in [0.25, 0.3) is 0 Å². The zero-order valence-corrected chi connectivity index (χ0v) is 50.5. The van der Waals surface area contributed by atoms with Gasteiger partial charge in [-0.2, -0.15) is 0 Å². The molecule has 0 saturated carbocycles. The van der Waals surface area contributed by atoms with Crippen molar-refractivity contribution in [3.63, 3.8) is 0 Å². The van der Waals surface area contributed by atoms with Gasteiger partial charge in [-0.25, -0.2) is 0 Å². The summed E-state index contributed by atoms with van der Waals surface area (Å²) in [7, 11) is 0. The Morgan fingerprint density at radius 3 is 0.797 bits per heavy atom. The van der Waals surface area contributed by atoms with E-state index in [1.165, 1.54) is 315 Å². The zero-order valence-electron chi connectivity index (χ0n) is 50.5. The molecule has 0 aromatic heterocycles. The number of amides is 2. The molecule has 0 bridgehead atoms. The molecule has 0 unspecified atom stereocenters. The molecule has 0 radical (unpaired) electrons. The lowest BCUT2D eigenvalue weighted by molar-refractivity contribution is 0.0937. The Morgan fingerprint density at radius 2 is 0.527 bits per heavy atom. The second kappa shape index (κ2) is 58.6. The average molecular weight is 1040 g/mol. The molecular formula is C69H130N2O3. The summed E-state index contributed by atoms with van der Waals surface area (Å²) in [6.07, 6.45) is 74.8. The second-order valence-electron chi connectivity index (χ2n) is 23.5. The molecule has 5 nitrogen and oxygen atoms in total. The highest BCUT2D eigenvalue weighted by Crippen LogP contribution is 2.23. The summed E-state index contributed by atoms with van der Waals surface area (Å²) in [5.74, 6) is 0.371. The Kier molecular flexibility index (Phi) is 55.4. The summed E-state index contributed by atoms with van der Waals surface area (Å²) in [5, 5.41) is 6.31. The molecule has 0 atom stereocenters. The summed E-state index contributed by atoms with van der Waals surface area (Å²) in [6.45, 7) is 8.81. The van der Waals surface area contributed by atoms with Crippen LogP contribution in [-0.2, 0) is 0 Å². The molecule has 1 aromatic rings. The summed E-state index contributed by atoms with van der Waals surface area (Å²) in [6, 6.07) is 5.40. The van der Waals surface area contributed by atoms with E-state index in [1.54, 1.807) is 18.2 Å². The molecule has 0 fully saturated rings. The number of ether oxygens (including phenoxy) is 1. The van der Waals surface area contributed by atoms with Gasteiger partial charge in [-0.05, 0) is 37.5 Å². The van der Waals surface area contributed by atoms with Gasteiger partial charge in [0.05, 0.1) is 12.2 Å². The minimum Gasteiger partial charge on any atom is -0.493 e. The van der Waals surface area contributed by atoms with Gasteiger partial charge in [-0.3, -0.25) is 9.59 Å². The van der Waals surface area contributed by atoms with Crippen LogP contribution in [0.2, 0.25) is 0 Å². The highest BCUT2D eigenvalue weighted by atomic mass is 16.5. The second-order valence-corrected chi connectivity index (χ2v) is 23.5. The molecule has 0 aliphatic rings. The molecule has 2 amide bonds. The third kappa shape index (κ3) is 48.3. The fourth-order valence-electron chi connectivity index (χ4n) is 11.0. The summed E-state index contributed by atoms with van der Waals surface area (Å²) in [5.41, 5.74) is 1.12. The number of carbonyl (C=O) groups excluding carboxylic acids is 2. The monoisotopic (exact) mass is 1040 g/mol. The fraction of sp³-hybridized carbons (Fsp3) is 0.884. The predicted molar refractivity (Wildman–Crippen MR) is 328 cm³/mol. The first kappa shape index (κ1) is 70.0. The van der Waals surface area contributed by atoms with Crippen molar-refractivity contribution < 1.29 is 14.3 Å². The molecular weight excluding hydrogens is 905 g/mol. The van der Waals surface area contributed by atoms with E-state index in [9.17, 15) is 9.59 Å². The van der Waals surface area contributed by atoms with E-state index in [-0.39, 0.29) is 11.8 Å². The van der Waals surface area contributed by atoms with Gasteiger partial charge in [0.15, 0.2) is 0 Å². The van der Waals surface area contributed by atoms with Crippen LogP contribution in [0.1, 0.15) is 395 Å². The first-order valence-electron chi connectivity index (χ1n) is 34.0. The lowest BCUT2D eigenvalue weighted by atomic mass is 10.0. The summed E-state index contributed by atoms with van der Waals surface area (Å²) < 4.78 is 6.28. The topological polar surface area (TPSA) is 67.4 Å². The number of rotatable bonds is 61. The quantitative estimate of drug-likeness (QED) is 0.0639. The molecule has 74 heavy (non-hydrogen) atoms. The highest BCUT2D eigenvalue weighted by Gasteiger charge is 2.16. The van der Waals surface area contributed by atoms with Crippen molar-refractivity contribution in [3.8, 4) is 5.75 Å². The molecule has 2 N–H and O–H groups in total. The van der Waals surface area contributed by atoms with E-state index in [1.807, 2.05) is 0 Å². The number of hydrogen-bond acceptors (Lipinski definition) is 3.